The third kappa shape index (κ3) is 4.69. The molecule has 1 fully saturated rings. The van der Waals surface area contributed by atoms with Crippen LogP contribution in [0.25, 0.3) is 0 Å². The van der Waals surface area contributed by atoms with Gasteiger partial charge in [-0.3, -0.25) is 14.6 Å². The molecule has 0 aliphatic carbocycles. The number of nitrogens with one attached hydrogen (secondary N) is 1. The van der Waals surface area contributed by atoms with Crippen LogP contribution in [0.3, 0.4) is 0 Å². The predicted molar refractivity (Wildman–Crippen MR) is 123 cm³/mol. The van der Waals surface area contributed by atoms with E-state index in [-0.39, 0.29) is 11.9 Å². The van der Waals surface area contributed by atoms with Crippen molar-refractivity contribution >= 4 is 11.9 Å². The Morgan fingerprint density at radius 2 is 1.97 bits per heavy atom. The number of benzene rings is 1. The van der Waals surface area contributed by atoms with Crippen LogP contribution in [-0.4, -0.2) is 93.3 Å². The minimum Gasteiger partial charge on any atom is -0.497 e. The first-order chi connectivity index (χ1) is 16.1. The molecule has 178 valence electrons. The lowest BCUT2D eigenvalue weighted by atomic mass is 9.94. The maximum atomic E-state index is 13.6. The molecular formula is C24H32N4O5. The van der Waals surface area contributed by atoms with E-state index in [0.717, 1.165) is 45.0 Å². The van der Waals surface area contributed by atoms with Gasteiger partial charge in [0.1, 0.15) is 11.5 Å². The van der Waals surface area contributed by atoms with E-state index in [2.05, 4.69) is 16.8 Å². The monoisotopic (exact) mass is 456 g/mol. The predicted octanol–water partition coefficient (Wildman–Crippen LogP) is 1.77. The van der Waals surface area contributed by atoms with Crippen LogP contribution in [0.4, 0.5) is 4.79 Å². The van der Waals surface area contributed by atoms with Crippen molar-refractivity contribution in [3.8, 4) is 11.5 Å². The number of urea groups is 1. The molecule has 3 amide bonds. The number of carbonyl (C=O) groups excluding carboxylic acids is 2. The molecule has 3 aliphatic rings. The molecule has 3 heterocycles. The standard InChI is InChI=1S/C24H32N4O5/c1-4-8-28-19-16-27(10-5-9-26-11-13-33-14-12-26)23(29)21(19)22(25-24(28)30)18-15-17(31-2)6-7-20(18)32-3/h4,6-7,15,22H,1,5,8-14,16H2,2-3H3,(H,25,30)/t22-/m0/s1. The second kappa shape index (κ2) is 10.3. The van der Waals surface area contributed by atoms with Gasteiger partial charge in [0.25, 0.3) is 5.91 Å². The molecule has 1 saturated heterocycles. The van der Waals surface area contributed by atoms with Gasteiger partial charge in [-0.15, -0.1) is 6.58 Å². The van der Waals surface area contributed by atoms with Gasteiger partial charge in [-0.1, -0.05) is 6.08 Å². The second-order valence-corrected chi connectivity index (χ2v) is 8.28. The first kappa shape index (κ1) is 23.1. The summed E-state index contributed by atoms with van der Waals surface area (Å²) in [5, 5.41) is 3.00. The molecule has 9 nitrogen and oxygen atoms in total. The fourth-order valence-corrected chi connectivity index (χ4v) is 4.66. The zero-order valence-corrected chi connectivity index (χ0v) is 19.3. The number of rotatable bonds is 9. The van der Waals surface area contributed by atoms with Crippen molar-refractivity contribution < 1.29 is 23.8 Å². The molecule has 1 N–H and O–H groups in total. The fourth-order valence-electron chi connectivity index (χ4n) is 4.66. The van der Waals surface area contributed by atoms with Gasteiger partial charge in [0, 0.05) is 38.3 Å². The molecule has 33 heavy (non-hydrogen) atoms. The van der Waals surface area contributed by atoms with Crippen LogP contribution in [0.5, 0.6) is 11.5 Å². The van der Waals surface area contributed by atoms with Crippen molar-refractivity contribution in [2.24, 2.45) is 0 Å². The van der Waals surface area contributed by atoms with E-state index in [9.17, 15) is 9.59 Å². The van der Waals surface area contributed by atoms with Crippen LogP contribution in [0, 0.1) is 0 Å². The minimum atomic E-state index is -0.615. The normalized spacial score (nSPS) is 21.2. The summed E-state index contributed by atoms with van der Waals surface area (Å²) in [6.45, 7) is 9.41. The molecule has 1 aromatic rings. The molecule has 4 rings (SSSR count). The van der Waals surface area contributed by atoms with E-state index in [1.54, 1.807) is 37.3 Å². The zero-order valence-electron chi connectivity index (χ0n) is 19.3. The SMILES string of the molecule is C=CCN1C(=O)N[C@@H](c2cc(OC)ccc2OC)C2=C1CN(CCCN1CCOCC1)C2=O. The van der Waals surface area contributed by atoms with Crippen molar-refractivity contribution in [3.63, 3.8) is 0 Å². The summed E-state index contributed by atoms with van der Waals surface area (Å²) < 4.78 is 16.3. The highest BCUT2D eigenvalue weighted by atomic mass is 16.5. The Balaban J connectivity index is 1.59. The molecule has 1 aromatic carbocycles. The molecule has 0 spiro atoms. The van der Waals surface area contributed by atoms with Gasteiger partial charge in [-0.05, 0) is 24.6 Å². The molecule has 0 aromatic heterocycles. The van der Waals surface area contributed by atoms with Gasteiger partial charge >= 0.3 is 6.03 Å². The lowest BCUT2D eigenvalue weighted by molar-refractivity contribution is -0.125. The summed E-state index contributed by atoms with van der Waals surface area (Å²) in [6.07, 6.45) is 2.53. The van der Waals surface area contributed by atoms with Gasteiger partial charge < -0.3 is 24.4 Å². The van der Waals surface area contributed by atoms with Crippen LogP contribution >= 0.6 is 0 Å². The van der Waals surface area contributed by atoms with Gasteiger partial charge in [0.15, 0.2) is 0 Å². The molecule has 0 unspecified atom stereocenters. The average Bonchev–Trinajstić information content (AvgIpc) is 3.17. The lowest BCUT2D eigenvalue weighted by Crippen LogP contribution is -2.47. The van der Waals surface area contributed by atoms with Gasteiger partial charge in [0.2, 0.25) is 0 Å². The number of hydrogen-bond donors (Lipinski definition) is 1. The summed E-state index contributed by atoms with van der Waals surface area (Å²) in [6, 6.07) is 4.52. The van der Waals surface area contributed by atoms with Gasteiger partial charge in [-0.2, -0.15) is 0 Å². The number of amides is 3. The first-order valence-electron chi connectivity index (χ1n) is 11.3. The maximum absolute atomic E-state index is 13.6. The number of methoxy groups -OCH3 is 2. The number of nitrogens with zero attached hydrogens (tertiary/aromatic N) is 3. The molecule has 0 saturated carbocycles. The van der Waals surface area contributed by atoms with E-state index in [0.29, 0.717) is 42.3 Å². The summed E-state index contributed by atoms with van der Waals surface area (Å²) >= 11 is 0. The Labute approximate surface area is 194 Å². The highest BCUT2D eigenvalue weighted by molar-refractivity contribution is 6.01. The van der Waals surface area contributed by atoms with E-state index in [4.69, 9.17) is 14.2 Å². The number of carbonyl (C=O) groups is 2. The highest BCUT2D eigenvalue weighted by Gasteiger charge is 2.44. The van der Waals surface area contributed by atoms with Gasteiger partial charge in [0.05, 0.1) is 51.3 Å². The average molecular weight is 457 g/mol. The Bertz CT molecular complexity index is 941. The van der Waals surface area contributed by atoms with Crippen molar-refractivity contribution in [3.05, 3.63) is 47.7 Å². The summed E-state index contributed by atoms with van der Waals surface area (Å²) in [7, 11) is 3.15. The van der Waals surface area contributed by atoms with Crippen LogP contribution in [0.15, 0.2) is 42.1 Å². The van der Waals surface area contributed by atoms with Crippen LogP contribution < -0.4 is 14.8 Å². The Morgan fingerprint density at radius 1 is 1.18 bits per heavy atom. The number of ether oxygens (including phenoxy) is 3. The Kier molecular flexibility index (Phi) is 7.20. The summed E-state index contributed by atoms with van der Waals surface area (Å²) in [4.78, 5) is 32.4. The topological polar surface area (TPSA) is 83.6 Å². The number of morpholine rings is 1. The third-order valence-corrected chi connectivity index (χ3v) is 6.36. The van der Waals surface area contributed by atoms with Crippen molar-refractivity contribution in [2.45, 2.75) is 12.5 Å². The summed E-state index contributed by atoms with van der Waals surface area (Å²) in [5.41, 5.74) is 2.00. The molecule has 9 heteroatoms. The zero-order chi connectivity index (χ0) is 23.4. The molecule has 0 radical (unpaired) electrons. The van der Waals surface area contributed by atoms with Crippen molar-refractivity contribution in [2.75, 3.05) is 66.7 Å². The first-order valence-corrected chi connectivity index (χ1v) is 11.3. The molecule has 1 atom stereocenters. The van der Waals surface area contributed by atoms with E-state index in [1.165, 1.54) is 0 Å². The smallest absolute Gasteiger partial charge is 0.322 e. The van der Waals surface area contributed by atoms with Crippen LogP contribution in [0.1, 0.15) is 18.0 Å². The van der Waals surface area contributed by atoms with E-state index < -0.39 is 6.04 Å². The maximum Gasteiger partial charge on any atom is 0.322 e. The highest BCUT2D eigenvalue weighted by Crippen LogP contribution is 2.40. The molecule has 0 bridgehead atoms. The van der Waals surface area contributed by atoms with Crippen LogP contribution in [-0.2, 0) is 9.53 Å². The van der Waals surface area contributed by atoms with Crippen LogP contribution in [0.2, 0.25) is 0 Å². The van der Waals surface area contributed by atoms with Crippen molar-refractivity contribution in [1.29, 1.82) is 0 Å². The summed E-state index contributed by atoms with van der Waals surface area (Å²) in [5.74, 6) is 1.16. The lowest BCUT2D eigenvalue weighted by Gasteiger charge is -2.33. The molecule has 3 aliphatic heterocycles. The quantitative estimate of drug-likeness (QED) is 0.571. The fraction of sp³-hybridized carbons (Fsp3) is 0.500. The largest absolute Gasteiger partial charge is 0.497 e. The van der Waals surface area contributed by atoms with E-state index >= 15 is 0 Å². The Hall–Kier alpha value is -3.04. The van der Waals surface area contributed by atoms with Gasteiger partial charge in [-0.25, -0.2) is 4.79 Å². The number of hydrogen-bond acceptors (Lipinski definition) is 6. The van der Waals surface area contributed by atoms with E-state index in [1.807, 2.05) is 11.0 Å². The van der Waals surface area contributed by atoms with Crippen molar-refractivity contribution in [1.82, 2.24) is 20.0 Å². The second-order valence-electron chi connectivity index (χ2n) is 8.28. The molecular weight excluding hydrogens is 424 g/mol. The Morgan fingerprint density at radius 3 is 2.67 bits per heavy atom. The third-order valence-electron chi connectivity index (χ3n) is 6.36. The minimum absolute atomic E-state index is 0.0593.